The summed E-state index contributed by atoms with van der Waals surface area (Å²) in [4.78, 5) is 12.2. The smallest absolute Gasteiger partial charge is 0.227 e. The van der Waals surface area contributed by atoms with Gasteiger partial charge in [0.15, 0.2) is 5.76 Å². The quantitative estimate of drug-likeness (QED) is 0.781. The molecule has 1 atom stereocenters. The summed E-state index contributed by atoms with van der Waals surface area (Å²) in [5.41, 5.74) is 2.75. The van der Waals surface area contributed by atoms with Crippen LogP contribution >= 0.6 is 0 Å². The van der Waals surface area contributed by atoms with E-state index in [-0.39, 0.29) is 11.8 Å². The molecule has 0 bridgehead atoms. The largest absolute Gasteiger partial charge is 0.359 e. The van der Waals surface area contributed by atoms with Gasteiger partial charge in [-0.15, -0.1) is 0 Å². The maximum atomic E-state index is 12.2. The van der Waals surface area contributed by atoms with Crippen molar-refractivity contribution in [3.8, 4) is 11.3 Å². The lowest BCUT2D eigenvalue weighted by Gasteiger charge is -2.11. The van der Waals surface area contributed by atoms with Crippen molar-refractivity contribution >= 4 is 5.91 Å². The van der Waals surface area contributed by atoms with Crippen LogP contribution < -0.4 is 5.32 Å². The van der Waals surface area contributed by atoms with Crippen LogP contribution in [0.5, 0.6) is 0 Å². The van der Waals surface area contributed by atoms with E-state index in [1.54, 1.807) is 0 Å². The van der Waals surface area contributed by atoms with Gasteiger partial charge in [-0.2, -0.15) is 0 Å². The first-order chi connectivity index (χ1) is 11.2. The topological polar surface area (TPSA) is 55.1 Å². The molecule has 3 rings (SSSR count). The molecule has 0 saturated carbocycles. The lowest BCUT2D eigenvalue weighted by molar-refractivity contribution is -0.122. The van der Waals surface area contributed by atoms with E-state index < -0.39 is 0 Å². The second kappa shape index (κ2) is 6.92. The van der Waals surface area contributed by atoms with Gasteiger partial charge in [-0.3, -0.25) is 4.79 Å². The lowest BCUT2D eigenvalue weighted by atomic mass is 10.0. The van der Waals surface area contributed by atoms with Crippen molar-refractivity contribution in [2.75, 3.05) is 0 Å². The second-order valence-electron chi connectivity index (χ2n) is 5.39. The van der Waals surface area contributed by atoms with Crippen LogP contribution in [0.3, 0.4) is 0 Å². The van der Waals surface area contributed by atoms with Gasteiger partial charge in [0.05, 0.1) is 12.5 Å². The van der Waals surface area contributed by atoms with Crippen LogP contribution in [0.15, 0.2) is 71.3 Å². The summed E-state index contributed by atoms with van der Waals surface area (Å²) in [5, 5.41) is 6.93. The first kappa shape index (κ1) is 15.0. The standard InChI is InChI=1S/C19H18N2O2/c1-14(15-8-4-2-5-9-15)19(22)20-13-17-12-18(21-23-17)16-10-6-3-7-11-16/h2-12,14H,13H2,1H3,(H,20,22). The fourth-order valence-electron chi connectivity index (χ4n) is 2.36. The highest BCUT2D eigenvalue weighted by Gasteiger charge is 2.15. The normalized spacial score (nSPS) is 11.9. The number of nitrogens with zero attached hydrogens (tertiary/aromatic N) is 1. The van der Waals surface area contributed by atoms with Crippen LogP contribution in [-0.4, -0.2) is 11.1 Å². The van der Waals surface area contributed by atoms with Gasteiger partial charge in [-0.05, 0) is 12.5 Å². The van der Waals surface area contributed by atoms with Crippen LogP contribution in [0, 0.1) is 0 Å². The first-order valence-corrected chi connectivity index (χ1v) is 7.57. The Morgan fingerprint density at radius 3 is 2.43 bits per heavy atom. The summed E-state index contributed by atoms with van der Waals surface area (Å²) in [6, 6.07) is 21.4. The molecule has 0 aliphatic rings. The van der Waals surface area contributed by atoms with Crippen LogP contribution in [-0.2, 0) is 11.3 Å². The number of amides is 1. The molecule has 0 spiro atoms. The molecular formula is C19H18N2O2. The Bertz CT molecular complexity index is 766. The third kappa shape index (κ3) is 3.66. The average molecular weight is 306 g/mol. The van der Waals surface area contributed by atoms with E-state index in [0.717, 1.165) is 16.8 Å². The fourth-order valence-corrected chi connectivity index (χ4v) is 2.36. The van der Waals surface area contributed by atoms with Crippen molar-refractivity contribution in [2.24, 2.45) is 0 Å². The van der Waals surface area contributed by atoms with Crippen molar-refractivity contribution in [3.05, 3.63) is 78.1 Å². The van der Waals surface area contributed by atoms with Gasteiger partial charge in [0.2, 0.25) is 5.91 Å². The Balaban J connectivity index is 1.61. The number of hydrogen-bond donors (Lipinski definition) is 1. The molecule has 1 N–H and O–H groups in total. The minimum atomic E-state index is -0.201. The van der Waals surface area contributed by atoms with E-state index in [0.29, 0.717) is 12.3 Å². The van der Waals surface area contributed by atoms with Crippen molar-refractivity contribution in [3.63, 3.8) is 0 Å². The number of hydrogen-bond acceptors (Lipinski definition) is 3. The molecule has 0 radical (unpaired) electrons. The first-order valence-electron chi connectivity index (χ1n) is 7.57. The molecule has 4 heteroatoms. The maximum Gasteiger partial charge on any atom is 0.227 e. The molecule has 0 saturated heterocycles. The van der Waals surface area contributed by atoms with Crippen LogP contribution in [0.25, 0.3) is 11.3 Å². The third-order valence-electron chi connectivity index (χ3n) is 3.76. The van der Waals surface area contributed by atoms with Crippen molar-refractivity contribution in [2.45, 2.75) is 19.4 Å². The molecular weight excluding hydrogens is 288 g/mol. The average Bonchev–Trinajstić information content (AvgIpc) is 3.09. The number of rotatable bonds is 5. The molecule has 2 aromatic carbocycles. The molecule has 1 aromatic heterocycles. The van der Waals surface area contributed by atoms with Gasteiger partial charge in [0.1, 0.15) is 5.69 Å². The molecule has 1 unspecified atom stereocenters. The van der Waals surface area contributed by atoms with Crippen LogP contribution in [0.1, 0.15) is 24.2 Å². The zero-order chi connectivity index (χ0) is 16.1. The Labute approximate surface area is 135 Å². The van der Waals surface area contributed by atoms with E-state index in [2.05, 4.69) is 10.5 Å². The van der Waals surface area contributed by atoms with Crippen molar-refractivity contribution < 1.29 is 9.32 Å². The SMILES string of the molecule is CC(C(=O)NCc1cc(-c2ccccc2)no1)c1ccccc1. The summed E-state index contributed by atoms with van der Waals surface area (Å²) in [6.45, 7) is 2.22. The number of carbonyl (C=O) groups is 1. The van der Waals surface area contributed by atoms with E-state index in [9.17, 15) is 4.79 Å². The number of aromatic nitrogens is 1. The highest BCUT2D eigenvalue weighted by atomic mass is 16.5. The Hall–Kier alpha value is -2.88. The highest BCUT2D eigenvalue weighted by molar-refractivity contribution is 5.83. The highest BCUT2D eigenvalue weighted by Crippen LogP contribution is 2.19. The molecule has 116 valence electrons. The molecule has 23 heavy (non-hydrogen) atoms. The number of carbonyl (C=O) groups excluding carboxylic acids is 1. The van der Waals surface area contributed by atoms with Crippen LogP contribution in [0.2, 0.25) is 0 Å². The maximum absolute atomic E-state index is 12.2. The van der Waals surface area contributed by atoms with E-state index in [4.69, 9.17) is 4.52 Å². The summed E-state index contributed by atoms with van der Waals surface area (Å²) >= 11 is 0. The van der Waals surface area contributed by atoms with Gasteiger partial charge in [0, 0.05) is 11.6 Å². The molecule has 3 aromatic rings. The van der Waals surface area contributed by atoms with E-state index in [1.807, 2.05) is 73.7 Å². The molecule has 4 nitrogen and oxygen atoms in total. The number of nitrogens with one attached hydrogen (secondary N) is 1. The molecule has 1 heterocycles. The van der Waals surface area contributed by atoms with Gasteiger partial charge >= 0.3 is 0 Å². The Morgan fingerprint density at radius 2 is 1.74 bits per heavy atom. The minimum absolute atomic E-state index is 0.0335. The number of benzene rings is 2. The summed E-state index contributed by atoms with van der Waals surface area (Å²) < 4.78 is 5.29. The fraction of sp³-hybridized carbons (Fsp3) is 0.158. The zero-order valence-electron chi connectivity index (χ0n) is 12.9. The van der Waals surface area contributed by atoms with Gasteiger partial charge < -0.3 is 9.84 Å². The monoisotopic (exact) mass is 306 g/mol. The molecule has 0 aliphatic heterocycles. The van der Waals surface area contributed by atoms with E-state index >= 15 is 0 Å². The van der Waals surface area contributed by atoms with Crippen LogP contribution in [0.4, 0.5) is 0 Å². The second-order valence-corrected chi connectivity index (χ2v) is 5.39. The molecule has 0 fully saturated rings. The minimum Gasteiger partial charge on any atom is -0.359 e. The Morgan fingerprint density at radius 1 is 1.09 bits per heavy atom. The summed E-state index contributed by atoms with van der Waals surface area (Å²) in [7, 11) is 0. The zero-order valence-corrected chi connectivity index (χ0v) is 12.9. The molecule has 0 aliphatic carbocycles. The van der Waals surface area contributed by atoms with Gasteiger partial charge in [0.25, 0.3) is 0 Å². The Kier molecular flexibility index (Phi) is 4.52. The van der Waals surface area contributed by atoms with Crippen molar-refractivity contribution in [1.29, 1.82) is 0 Å². The van der Waals surface area contributed by atoms with Crippen molar-refractivity contribution in [1.82, 2.24) is 10.5 Å². The lowest BCUT2D eigenvalue weighted by Crippen LogP contribution is -2.27. The summed E-state index contributed by atoms with van der Waals surface area (Å²) in [5.74, 6) is 0.402. The van der Waals surface area contributed by atoms with Gasteiger partial charge in [-0.25, -0.2) is 0 Å². The predicted molar refractivity (Wildman–Crippen MR) is 88.6 cm³/mol. The predicted octanol–water partition coefficient (Wildman–Crippen LogP) is 3.76. The summed E-state index contributed by atoms with van der Waals surface area (Å²) in [6.07, 6.45) is 0. The van der Waals surface area contributed by atoms with E-state index in [1.165, 1.54) is 0 Å². The molecule has 1 amide bonds. The van der Waals surface area contributed by atoms with Gasteiger partial charge in [-0.1, -0.05) is 65.8 Å². The third-order valence-corrected chi connectivity index (χ3v) is 3.76.